The average molecular weight is 404 g/mol. The highest BCUT2D eigenvalue weighted by molar-refractivity contribution is 5.81. The van der Waals surface area contributed by atoms with E-state index < -0.39 is 18.1 Å². The van der Waals surface area contributed by atoms with Crippen LogP contribution in [0.5, 0.6) is 0 Å². The highest BCUT2D eigenvalue weighted by Crippen LogP contribution is 2.44. The third kappa shape index (κ3) is 2.83. The van der Waals surface area contributed by atoms with E-state index in [9.17, 15) is 14.7 Å². The number of nitrogens with zero attached hydrogens (tertiary/aromatic N) is 4. The predicted octanol–water partition coefficient (Wildman–Crippen LogP) is 2.80. The summed E-state index contributed by atoms with van der Waals surface area (Å²) in [4.78, 5) is 25.9. The Morgan fingerprint density at radius 3 is 2.33 bits per heavy atom. The van der Waals surface area contributed by atoms with E-state index in [1.54, 1.807) is 11.5 Å². The molecule has 2 aromatic carbocycles. The first-order chi connectivity index (χ1) is 14.5. The molecule has 0 fully saturated rings. The Hall–Kier alpha value is -3.68. The number of carbonyl (C=O) groups excluding carboxylic acids is 1. The first-order valence-corrected chi connectivity index (χ1v) is 9.77. The smallest absolute Gasteiger partial charge is 0.411 e. The molecule has 1 aliphatic heterocycles. The fourth-order valence-corrected chi connectivity index (χ4v) is 4.39. The van der Waals surface area contributed by atoms with Crippen LogP contribution in [0.1, 0.15) is 28.7 Å². The van der Waals surface area contributed by atoms with E-state index in [0.717, 1.165) is 22.3 Å². The van der Waals surface area contributed by atoms with Crippen molar-refractivity contribution in [3.8, 4) is 11.1 Å². The quantitative estimate of drug-likeness (QED) is 0.721. The first kappa shape index (κ1) is 18.4. The summed E-state index contributed by atoms with van der Waals surface area (Å²) in [7, 11) is 0. The fourth-order valence-electron chi connectivity index (χ4n) is 4.39. The van der Waals surface area contributed by atoms with Crippen LogP contribution in [0.25, 0.3) is 11.1 Å². The number of carboxylic acids is 1. The predicted molar refractivity (Wildman–Crippen MR) is 107 cm³/mol. The van der Waals surface area contributed by atoms with Crippen molar-refractivity contribution in [2.24, 2.45) is 0 Å². The van der Waals surface area contributed by atoms with E-state index in [4.69, 9.17) is 4.74 Å². The van der Waals surface area contributed by atoms with Gasteiger partial charge >= 0.3 is 12.1 Å². The van der Waals surface area contributed by atoms with Crippen LogP contribution < -0.4 is 0 Å². The lowest BCUT2D eigenvalue weighted by Gasteiger charge is -2.32. The largest absolute Gasteiger partial charge is 0.480 e. The molecule has 1 atom stereocenters. The van der Waals surface area contributed by atoms with Crippen molar-refractivity contribution in [3.63, 3.8) is 0 Å². The Labute approximate surface area is 172 Å². The molecule has 2 heterocycles. The van der Waals surface area contributed by atoms with Gasteiger partial charge in [-0.2, -0.15) is 0 Å². The molecule has 1 amide bonds. The normalized spacial score (nSPS) is 17.2. The molecule has 2 aliphatic rings. The summed E-state index contributed by atoms with van der Waals surface area (Å²) in [6, 6.07) is 15.1. The van der Waals surface area contributed by atoms with Crippen LogP contribution in [0, 0.1) is 6.92 Å². The summed E-state index contributed by atoms with van der Waals surface area (Å²) in [6.45, 7) is 2.06. The molecular formula is C22H20N4O4. The number of hydrogen-bond donors (Lipinski definition) is 1. The van der Waals surface area contributed by atoms with Gasteiger partial charge in [-0.25, -0.2) is 9.59 Å². The molecule has 1 aromatic heterocycles. The van der Waals surface area contributed by atoms with Gasteiger partial charge in [-0.15, -0.1) is 10.2 Å². The van der Waals surface area contributed by atoms with E-state index >= 15 is 0 Å². The van der Waals surface area contributed by atoms with Gasteiger partial charge in [-0.1, -0.05) is 48.5 Å². The lowest BCUT2D eigenvalue weighted by molar-refractivity contribution is -0.144. The molecule has 8 nitrogen and oxygen atoms in total. The number of amides is 1. The number of hydrogen-bond acceptors (Lipinski definition) is 5. The third-order valence-corrected chi connectivity index (χ3v) is 5.91. The second-order valence-corrected chi connectivity index (χ2v) is 7.56. The Morgan fingerprint density at radius 2 is 1.70 bits per heavy atom. The van der Waals surface area contributed by atoms with Crippen LogP contribution in [0.4, 0.5) is 4.79 Å². The van der Waals surface area contributed by atoms with Gasteiger partial charge in [0, 0.05) is 5.92 Å². The van der Waals surface area contributed by atoms with Gasteiger partial charge in [0.2, 0.25) is 0 Å². The number of carboxylic acid groups (broad SMARTS) is 1. The minimum absolute atomic E-state index is 0.0501. The van der Waals surface area contributed by atoms with E-state index in [2.05, 4.69) is 22.3 Å². The second kappa shape index (κ2) is 6.98. The van der Waals surface area contributed by atoms with Gasteiger partial charge in [0.15, 0.2) is 11.9 Å². The van der Waals surface area contributed by atoms with Crippen molar-refractivity contribution in [2.75, 3.05) is 6.61 Å². The molecular weight excluding hydrogens is 384 g/mol. The average Bonchev–Trinajstić information content (AvgIpc) is 3.29. The number of ether oxygens (including phenoxy) is 1. The minimum atomic E-state index is -1.08. The molecule has 1 unspecified atom stereocenters. The molecule has 0 bridgehead atoms. The molecule has 152 valence electrons. The van der Waals surface area contributed by atoms with E-state index in [0.29, 0.717) is 11.6 Å². The van der Waals surface area contributed by atoms with Crippen molar-refractivity contribution >= 4 is 12.1 Å². The number of aryl methyl sites for hydroxylation is 1. The van der Waals surface area contributed by atoms with Gasteiger partial charge in [-0.05, 0) is 29.2 Å². The Bertz CT molecular complexity index is 1110. The SMILES string of the molecule is Cc1nnc2n1CC(C(=O)O)N(C(=O)OCC1c3ccccc3-c3ccccc31)C2. The van der Waals surface area contributed by atoms with Crippen molar-refractivity contribution in [3.05, 3.63) is 71.3 Å². The molecule has 0 saturated heterocycles. The molecule has 8 heteroatoms. The number of aromatic nitrogens is 3. The molecule has 5 rings (SSSR count). The summed E-state index contributed by atoms with van der Waals surface area (Å²) in [6.07, 6.45) is -0.656. The Morgan fingerprint density at radius 1 is 1.07 bits per heavy atom. The fraction of sp³-hybridized carbons (Fsp3) is 0.273. The van der Waals surface area contributed by atoms with E-state index in [1.165, 1.54) is 4.90 Å². The minimum Gasteiger partial charge on any atom is -0.480 e. The molecule has 3 aromatic rings. The molecule has 1 aliphatic carbocycles. The summed E-state index contributed by atoms with van der Waals surface area (Å²) in [5, 5.41) is 17.7. The van der Waals surface area contributed by atoms with Crippen molar-refractivity contribution in [2.45, 2.75) is 32.0 Å². The van der Waals surface area contributed by atoms with Crippen LogP contribution in [0.15, 0.2) is 48.5 Å². The Balaban J connectivity index is 1.38. The highest BCUT2D eigenvalue weighted by Gasteiger charge is 2.38. The monoisotopic (exact) mass is 404 g/mol. The molecule has 30 heavy (non-hydrogen) atoms. The van der Waals surface area contributed by atoms with E-state index in [-0.39, 0.29) is 25.6 Å². The Kier molecular flexibility index (Phi) is 4.27. The number of fused-ring (bicyclic) bond motifs is 4. The van der Waals surface area contributed by atoms with Gasteiger partial charge in [-0.3, -0.25) is 4.90 Å². The number of benzene rings is 2. The third-order valence-electron chi connectivity index (χ3n) is 5.91. The van der Waals surface area contributed by atoms with Crippen molar-refractivity contribution in [1.82, 2.24) is 19.7 Å². The maximum absolute atomic E-state index is 12.9. The zero-order valence-corrected chi connectivity index (χ0v) is 16.4. The standard InChI is InChI=1S/C22H20N4O4/c1-13-23-24-20-11-26(19(21(27)28)10-25(13)20)22(29)30-12-18-16-8-4-2-6-14(16)15-7-3-5-9-17(15)18/h2-9,18-19H,10-12H2,1H3,(H,27,28). The molecule has 0 saturated carbocycles. The van der Waals surface area contributed by atoms with Crippen LogP contribution >= 0.6 is 0 Å². The molecule has 0 radical (unpaired) electrons. The van der Waals surface area contributed by atoms with Gasteiger partial charge in [0.25, 0.3) is 0 Å². The highest BCUT2D eigenvalue weighted by atomic mass is 16.6. The zero-order chi connectivity index (χ0) is 20.8. The maximum atomic E-state index is 12.9. The van der Waals surface area contributed by atoms with Crippen LogP contribution in [0.2, 0.25) is 0 Å². The first-order valence-electron chi connectivity index (χ1n) is 9.77. The number of rotatable bonds is 3. The lowest BCUT2D eigenvalue weighted by atomic mass is 9.98. The second-order valence-electron chi connectivity index (χ2n) is 7.56. The summed E-state index contributed by atoms with van der Waals surface area (Å²) < 4.78 is 7.38. The number of aliphatic carboxylic acids is 1. The van der Waals surface area contributed by atoms with Gasteiger partial charge < -0.3 is 14.4 Å². The molecule has 1 N–H and O–H groups in total. The number of carbonyl (C=O) groups is 2. The maximum Gasteiger partial charge on any atom is 0.411 e. The van der Waals surface area contributed by atoms with Crippen LogP contribution in [-0.4, -0.2) is 49.5 Å². The molecule has 0 spiro atoms. The van der Waals surface area contributed by atoms with E-state index in [1.807, 2.05) is 36.4 Å². The van der Waals surface area contributed by atoms with Crippen LogP contribution in [0.3, 0.4) is 0 Å². The lowest BCUT2D eigenvalue weighted by Crippen LogP contribution is -2.51. The van der Waals surface area contributed by atoms with Gasteiger partial charge in [0.05, 0.1) is 13.1 Å². The summed E-state index contributed by atoms with van der Waals surface area (Å²) >= 11 is 0. The van der Waals surface area contributed by atoms with Crippen molar-refractivity contribution < 1.29 is 19.4 Å². The van der Waals surface area contributed by atoms with Crippen molar-refractivity contribution in [1.29, 1.82) is 0 Å². The summed E-state index contributed by atoms with van der Waals surface area (Å²) in [5.41, 5.74) is 4.49. The van der Waals surface area contributed by atoms with Gasteiger partial charge in [0.1, 0.15) is 12.4 Å². The topological polar surface area (TPSA) is 97.5 Å². The summed E-state index contributed by atoms with van der Waals surface area (Å²) in [5.74, 6) is 0.0181. The van der Waals surface area contributed by atoms with Crippen LogP contribution in [-0.2, 0) is 22.6 Å². The zero-order valence-electron chi connectivity index (χ0n) is 16.4.